The first-order chi connectivity index (χ1) is 8.15. The van der Waals surface area contributed by atoms with Crippen LogP contribution in [-0.2, 0) is 0 Å². The van der Waals surface area contributed by atoms with Crippen LogP contribution in [0.25, 0.3) is 0 Å². The van der Waals surface area contributed by atoms with Crippen molar-refractivity contribution in [3.63, 3.8) is 0 Å². The maximum Gasteiger partial charge on any atom is 0.127 e. The molecule has 2 heterocycles. The topological polar surface area (TPSA) is 54.2 Å². The van der Waals surface area contributed by atoms with Gasteiger partial charge in [0.25, 0.3) is 0 Å². The molecule has 0 spiro atoms. The number of hydrogen-bond donors (Lipinski definition) is 2. The molecule has 1 atom stereocenters. The van der Waals surface area contributed by atoms with E-state index < -0.39 is 0 Å². The Labute approximate surface area is 103 Å². The zero-order valence-electron chi connectivity index (χ0n) is 10.7. The van der Waals surface area contributed by atoms with Crippen molar-refractivity contribution >= 4 is 11.5 Å². The van der Waals surface area contributed by atoms with Gasteiger partial charge in [0, 0.05) is 31.0 Å². The standard InChI is InChI=1S/C13H22N4/c1-10-7-15-13(6-12(10)14)16-8-11-4-3-5-17(2)9-11/h6-7,11H,3-5,8-9H2,1-2H3,(H3,14,15,16). The number of nitrogen functional groups attached to an aromatic ring is 1. The molecule has 1 aliphatic rings. The van der Waals surface area contributed by atoms with Gasteiger partial charge in [-0.05, 0) is 44.8 Å². The third-order valence-corrected chi connectivity index (χ3v) is 3.44. The van der Waals surface area contributed by atoms with E-state index in [9.17, 15) is 0 Å². The summed E-state index contributed by atoms with van der Waals surface area (Å²) in [5.41, 5.74) is 7.71. The molecule has 0 aliphatic carbocycles. The third-order valence-electron chi connectivity index (χ3n) is 3.44. The molecule has 1 saturated heterocycles. The maximum absolute atomic E-state index is 5.86. The highest BCUT2D eigenvalue weighted by molar-refractivity contribution is 5.53. The third kappa shape index (κ3) is 3.33. The number of rotatable bonds is 3. The number of nitrogens with zero attached hydrogens (tertiary/aromatic N) is 2. The first-order valence-electron chi connectivity index (χ1n) is 6.29. The van der Waals surface area contributed by atoms with Crippen molar-refractivity contribution < 1.29 is 0 Å². The van der Waals surface area contributed by atoms with Gasteiger partial charge in [-0.25, -0.2) is 4.98 Å². The number of likely N-dealkylation sites (tertiary alicyclic amines) is 1. The molecule has 17 heavy (non-hydrogen) atoms. The number of piperidine rings is 1. The van der Waals surface area contributed by atoms with Gasteiger partial charge in [0.1, 0.15) is 5.82 Å². The van der Waals surface area contributed by atoms with Crippen molar-refractivity contribution in [1.29, 1.82) is 0 Å². The van der Waals surface area contributed by atoms with E-state index in [1.807, 2.05) is 19.2 Å². The fourth-order valence-corrected chi connectivity index (χ4v) is 2.32. The lowest BCUT2D eigenvalue weighted by atomic mass is 9.98. The summed E-state index contributed by atoms with van der Waals surface area (Å²) >= 11 is 0. The lowest BCUT2D eigenvalue weighted by Crippen LogP contribution is -2.35. The summed E-state index contributed by atoms with van der Waals surface area (Å²) in [6.07, 6.45) is 4.43. The van der Waals surface area contributed by atoms with Gasteiger partial charge in [-0.2, -0.15) is 0 Å². The molecule has 1 aromatic rings. The van der Waals surface area contributed by atoms with Crippen LogP contribution in [0.4, 0.5) is 11.5 Å². The van der Waals surface area contributed by atoms with E-state index in [1.165, 1.54) is 25.9 Å². The summed E-state index contributed by atoms with van der Waals surface area (Å²) in [4.78, 5) is 6.73. The van der Waals surface area contributed by atoms with Crippen LogP contribution >= 0.6 is 0 Å². The number of nitrogens with two attached hydrogens (primary N) is 1. The predicted octanol–water partition coefficient (Wildman–Crippen LogP) is 1.73. The summed E-state index contributed by atoms with van der Waals surface area (Å²) in [6.45, 7) is 5.36. The van der Waals surface area contributed by atoms with Gasteiger partial charge in [-0.15, -0.1) is 0 Å². The van der Waals surface area contributed by atoms with Gasteiger partial charge in [0.05, 0.1) is 0 Å². The summed E-state index contributed by atoms with van der Waals surface area (Å²) in [6, 6.07) is 1.92. The molecule has 0 aromatic carbocycles. The van der Waals surface area contributed by atoms with Crippen molar-refractivity contribution in [2.45, 2.75) is 19.8 Å². The second-order valence-corrected chi connectivity index (χ2v) is 5.08. The minimum absolute atomic E-state index is 0.720. The van der Waals surface area contributed by atoms with Crippen LogP contribution in [0.1, 0.15) is 18.4 Å². The van der Waals surface area contributed by atoms with Crippen LogP contribution in [0.15, 0.2) is 12.3 Å². The Morgan fingerprint density at radius 1 is 1.59 bits per heavy atom. The molecule has 94 valence electrons. The van der Waals surface area contributed by atoms with E-state index >= 15 is 0 Å². The number of aryl methyl sites for hydroxylation is 1. The molecule has 1 aliphatic heterocycles. The van der Waals surface area contributed by atoms with Crippen molar-refractivity contribution in [1.82, 2.24) is 9.88 Å². The molecule has 0 amide bonds. The molecule has 1 aromatic heterocycles. The molecule has 0 bridgehead atoms. The van der Waals surface area contributed by atoms with Crippen LogP contribution in [0, 0.1) is 12.8 Å². The Kier molecular flexibility index (Phi) is 3.84. The molecule has 1 unspecified atom stereocenters. The SMILES string of the molecule is Cc1cnc(NCC2CCCN(C)C2)cc1N. The van der Waals surface area contributed by atoms with E-state index in [-0.39, 0.29) is 0 Å². The average molecular weight is 234 g/mol. The highest BCUT2D eigenvalue weighted by atomic mass is 15.1. The maximum atomic E-state index is 5.86. The molecular formula is C13H22N4. The molecular weight excluding hydrogens is 212 g/mol. The van der Waals surface area contributed by atoms with Crippen LogP contribution in [0.3, 0.4) is 0 Å². The van der Waals surface area contributed by atoms with Crippen molar-refractivity contribution in [2.24, 2.45) is 5.92 Å². The largest absolute Gasteiger partial charge is 0.398 e. The summed E-state index contributed by atoms with van der Waals surface area (Å²) in [5.74, 6) is 1.61. The number of anilines is 2. The quantitative estimate of drug-likeness (QED) is 0.836. The molecule has 1 fully saturated rings. The zero-order valence-corrected chi connectivity index (χ0v) is 10.7. The average Bonchev–Trinajstić information content (AvgIpc) is 2.31. The summed E-state index contributed by atoms with van der Waals surface area (Å²) in [7, 11) is 2.19. The summed E-state index contributed by atoms with van der Waals surface area (Å²) in [5, 5.41) is 3.39. The van der Waals surface area contributed by atoms with E-state index in [4.69, 9.17) is 5.73 Å². The minimum atomic E-state index is 0.720. The lowest BCUT2D eigenvalue weighted by Gasteiger charge is -2.29. The Balaban J connectivity index is 1.86. The van der Waals surface area contributed by atoms with Crippen LogP contribution < -0.4 is 11.1 Å². The number of aromatic nitrogens is 1. The molecule has 4 heteroatoms. The van der Waals surface area contributed by atoms with Crippen LogP contribution in [-0.4, -0.2) is 36.6 Å². The van der Waals surface area contributed by atoms with E-state index in [0.29, 0.717) is 0 Å². The van der Waals surface area contributed by atoms with Crippen molar-refractivity contribution in [2.75, 3.05) is 37.7 Å². The fraction of sp³-hybridized carbons (Fsp3) is 0.615. The second-order valence-electron chi connectivity index (χ2n) is 5.08. The van der Waals surface area contributed by atoms with Crippen molar-refractivity contribution in [3.05, 3.63) is 17.8 Å². The second kappa shape index (κ2) is 5.36. The number of pyridine rings is 1. The Morgan fingerprint density at radius 3 is 3.12 bits per heavy atom. The van der Waals surface area contributed by atoms with Gasteiger partial charge in [0.2, 0.25) is 0 Å². The molecule has 0 radical (unpaired) electrons. The van der Waals surface area contributed by atoms with E-state index in [1.54, 1.807) is 0 Å². The van der Waals surface area contributed by atoms with E-state index in [2.05, 4.69) is 22.2 Å². The summed E-state index contributed by atoms with van der Waals surface area (Å²) < 4.78 is 0. The Morgan fingerprint density at radius 2 is 2.41 bits per heavy atom. The molecule has 0 saturated carbocycles. The molecule has 3 N–H and O–H groups in total. The minimum Gasteiger partial charge on any atom is -0.398 e. The normalized spacial score (nSPS) is 21.4. The van der Waals surface area contributed by atoms with Gasteiger partial charge in [-0.3, -0.25) is 0 Å². The van der Waals surface area contributed by atoms with Gasteiger partial charge in [0.15, 0.2) is 0 Å². The molecule has 4 nitrogen and oxygen atoms in total. The van der Waals surface area contributed by atoms with Crippen LogP contribution in [0.2, 0.25) is 0 Å². The van der Waals surface area contributed by atoms with Gasteiger partial charge in [-0.1, -0.05) is 0 Å². The predicted molar refractivity (Wildman–Crippen MR) is 72.1 cm³/mol. The first-order valence-corrected chi connectivity index (χ1v) is 6.29. The Hall–Kier alpha value is -1.29. The fourth-order valence-electron chi connectivity index (χ4n) is 2.32. The number of nitrogens with one attached hydrogen (secondary N) is 1. The highest BCUT2D eigenvalue weighted by Crippen LogP contribution is 2.17. The Bertz CT molecular complexity index is 378. The van der Waals surface area contributed by atoms with Crippen LogP contribution in [0.5, 0.6) is 0 Å². The lowest BCUT2D eigenvalue weighted by molar-refractivity contribution is 0.217. The van der Waals surface area contributed by atoms with Gasteiger partial charge < -0.3 is 16.0 Å². The smallest absolute Gasteiger partial charge is 0.127 e. The van der Waals surface area contributed by atoms with Gasteiger partial charge >= 0.3 is 0 Å². The highest BCUT2D eigenvalue weighted by Gasteiger charge is 2.16. The monoisotopic (exact) mass is 234 g/mol. The first kappa shape index (κ1) is 12.2. The van der Waals surface area contributed by atoms with Crippen molar-refractivity contribution in [3.8, 4) is 0 Å². The zero-order chi connectivity index (χ0) is 12.3. The number of hydrogen-bond acceptors (Lipinski definition) is 4. The molecule has 2 rings (SSSR count). The van der Waals surface area contributed by atoms with E-state index in [0.717, 1.165) is 29.5 Å².